The molecule has 100 valence electrons. The molecule has 1 aromatic rings. The second-order valence-electron chi connectivity index (χ2n) is 6.22. The lowest BCUT2D eigenvalue weighted by Crippen LogP contribution is -2.39. The van der Waals surface area contributed by atoms with Gasteiger partial charge >= 0.3 is 0 Å². The monoisotopic (exact) mass is 247 g/mol. The van der Waals surface area contributed by atoms with Crippen molar-refractivity contribution in [3.8, 4) is 0 Å². The van der Waals surface area contributed by atoms with Crippen LogP contribution in [0.3, 0.4) is 0 Å². The number of rotatable bonds is 3. The lowest BCUT2D eigenvalue weighted by molar-refractivity contribution is 0.138. The van der Waals surface area contributed by atoms with Gasteiger partial charge in [0.1, 0.15) is 5.76 Å². The van der Waals surface area contributed by atoms with Crippen LogP contribution in [0.5, 0.6) is 0 Å². The van der Waals surface area contributed by atoms with Gasteiger partial charge in [0.25, 0.3) is 0 Å². The number of nitrogens with one attached hydrogen (secondary N) is 1. The Morgan fingerprint density at radius 3 is 2.78 bits per heavy atom. The van der Waals surface area contributed by atoms with Crippen LogP contribution in [-0.2, 0) is 0 Å². The maximum absolute atomic E-state index is 5.48. The Labute approximate surface area is 110 Å². The molecule has 2 fully saturated rings. The Kier molecular flexibility index (Phi) is 3.74. The van der Waals surface area contributed by atoms with Gasteiger partial charge in [-0.1, -0.05) is 25.7 Å². The van der Waals surface area contributed by atoms with E-state index in [1.165, 1.54) is 44.9 Å². The minimum absolute atomic E-state index is 0.352. The Bertz CT molecular complexity index is 359. The number of hydrogen-bond acceptors (Lipinski definition) is 2. The maximum Gasteiger partial charge on any atom is 0.120 e. The second-order valence-corrected chi connectivity index (χ2v) is 6.22. The predicted octanol–water partition coefficient (Wildman–Crippen LogP) is 4.29. The van der Waals surface area contributed by atoms with Crippen LogP contribution in [0.4, 0.5) is 0 Å². The molecule has 3 unspecified atom stereocenters. The van der Waals surface area contributed by atoms with E-state index >= 15 is 0 Å². The van der Waals surface area contributed by atoms with Crippen LogP contribution in [0.15, 0.2) is 22.8 Å². The summed E-state index contributed by atoms with van der Waals surface area (Å²) in [5.74, 6) is 3.10. The third-order valence-corrected chi connectivity index (χ3v) is 5.00. The normalized spacial score (nSPS) is 33.9. The van der Waals surface area contributed by atoms with Gasteiger partial charge in [-0.05, 0) is 50.2 Å². The smallest absolute Gasteiger partial charge is 0.120 e. The van der Waals surface area contributed by atoms with Crippen molar-refractivity contribution in [2.45, 2.75) is 64.0 Å². The average molecular weight is 247 g/mol. The highest BCUT2D eigenvalue weighted by Crippen LogP contribution is 2.40. The van der Waals surface area contributed by atoms with Crippen LogP contribution >= 0.6 is 0 Å². The Morgan fingerprint density at radius 2 is 2.00 bits per heavy atom. The van der Waals surface area contributed by atoms with Gasteiger partial charge in [-0.3, -0.25) is 0 Å². The maximum atomic E-state index is 5.48. The zero-order chi connectivity index (χ0) is 12.4. The van der Waals surface area contributed by atoms with Gasteiger partial charge in [0.15, 0.2) is 0 Å². The van der Waals surface area contributed by atoms with Gasteiger partial charge in [-0.15, -0.1) is 0 Å². The van der Waals surface area contributed by atoms with Crippen molar-refractivity contribution >= 4 is 0 Å². The zero-order valence-corrected chi connectivity index (χ0v) is 11.4. The van der Waals surface area contributed by atoms with Crippen molar-refractivity contribution in [2.75, 3.05) is 0 Å². The van der Waals surface area contributed by atoms with Crippen molar-refractivity contribution in [3.05, 3.63) is 24.2 Å². The van der Waals surface area contributed by atoms with Crippen LogP contribution in [0, 0.1) is 11.8 Å². The van der Waals surface area contributed by atoms with E-state index in [1.54, 1.807) is 6.26 Å². The molecule has 2 nitrogen and oxygen atoms in total. The molecule has 2 aliphatic carbocycles. The first-order valence-electron chi connectivity index (χ1n) is 7.62. The van der Waals surface area contributed by atoms with Crippen molar-refractivity contribution < 1.29 is 4.42 Å². The first kappa shape index (κ1) is 12.3. The van der Waals surface area contributed by atoms with E-state index in [0.29, 0.717) is 12.1 Å². The van der Waals surface area contributed by atoms with E-state index in [9.17, 15) is 0 Å². The molecule has 2 aliphatic rings. The third kappa shape index (κ3) is 2.64. The summed E-state index contributed by atoms with van der Waals surface area (Å²) in [6, 6.07) is 5.10. The van der Waals surface area contributed by atoms with Crippen LogP contribution in [0.25, 0.3) is 0 Å². The standard InChI is InChI=1S/C16H25NO/c1-12(16-7-4-10-18-16)17-15-9-8-13-5-2-3-6-14(13)11-15/h4,7,10,12-15,17H,2-3,5-6,8-9,11H2,1H3/t12-,13?,14?,15?/m0/s1. The molecular formula is C16H25NO. The number of fused-ring (bicyclic) bond motifs is 1. The lowest BCUT2D eigenvalue weighted by atomic mass is 9.69. The molecule has 0 aromatic carbocycles. The van der Waals surface area contributed by atoms with Gasteiger partial charge in [0.2, 0.25) is 0 Å². The molecule has 0 spiro atoms. The molecule has 3 rings (SSSR count). The summed E-state index contributed by atoms with van der Waals surface area (Å²) in [7, 11) is 0. The fourth-order valence-electron chi connectivity index (χ4n) is 4.00. The molecule has 0 radical (unpaired) electrons. The van der Waals surface area contributed by atoms with E-state index in [0.717, 1.165) is 17.6 Å². The summed E-state index contributed by atoms with van der Waals surface area (Å²) < 4.78 is 5.48. The highest BCUT2D eigenvalue weighted by atomic mass is 16.3. The van der Waals surface area contributed by atoms with Crippen molar-refractivity contribution in [2.24, 2.45) is 11.8 Å². The Balaban J connectivity index is 1.54. The topological polar surface area (TPSA) is 25.2 Å². The molecule has 4 atom stereocenters. The summed E-state index contributed by atoms with van der Waals surface area (Å²) in [6.45, 7) is 2.21. The summed E-state index contributed by atoms with van der Waals surface area (Å²) in [4.78, 5) is 0. The molecule has 2 saturated carbocycles. The van der Waals surface area contributed by atoms with Crippen LogP contribution in [0.2, 0.25) is 0 Å². The molecule has 1 aromatic heterocycles. The first-order chi connectivity index (χ1) is 8.83. The lowest BCUT2D eigenvalue weighted by Gasteiger charge is -2.40. The average Bonchev–Trinajstić information content (AvgIpc) is 2.92. The first-order valence-corrected chi connectivity index (χ1v) is 7.62. The van der Waals surface area contributed by atoms with Gasteiger partial charge in [0, 0.05) is 6.04 Å². The molecule has 18 heavy (non-hydrogen) atoms. The van der Waals surface area contributed by atoms with E-state index in [-0.39, 0.29) is 0 Å². The molecule has 1 N–H and O–H groups in total. The highest BCUT2D eigenvalue weighted by Gasteiger charge is 2.32. The Hall–Kier alpha value is -0.760. The zero-order valence-electron chi connectivity index (χ0n) is 11.4. The molecule has 0 aliphatic heterocycles. The SMILES string of the molecule is C[C@H](NC1CCC2CCCCC2C1)c1ccco1. The second kappa shape index (κ2) is 5.48. The van der Waals surface area contributed by atoms with Gasteiger partial charge < -0.3 is 9.73 Å². The highest BCUT2D eigenvalue weighted by molar-refractivity contribution is 5.03. The van der Waals surface area contributed by atoms with Gasteiger partial charge in [-0.2, -0.15) is 0 Å². The number of furan rings is 1. The van der Waals surface area contributed by atoms with Crippen LogP contribution in [0.1, 0.15) is 63.7 Å². The summed E-state index contributed by atoms with van der Waals surface area (Å²) in [5, 5.41) is 3.76. The van der Waals surface area contributed by atoms with E-state index < -0.39 is 0 Å². The van der Waals surface area contributed by atoms with Crippen LogP contribution < -0.4 is 5.32 Å². The largest absolute Gasteiger partial charge is 0.468 e. The van der Waals surface area contributed by atoms with E-state index in [1.807, 2.05) is 6.07 Å². The molecule has 0 amide bonds. The molecule has 0 saturated heterocycles. The Morgan fingerprint density at radius 1 is 1.17 bits per heavy atom. The van der Waals surface area contributed by atoms with Gasteiger partial charge in [-0.25, -0.2) is 0 Å². The molecule has 2 heteroatoms. The van der Waals surface area contributed by atoms with Crippen molar-refractivity contribution in [3.63, 3.8) is 0 Å². The quantitative estimate of drug-likeness (QED) is 0.862. The fraction of sp³-hybridized carbons (Fsp3) is 0.750. The number of hydrogen-bond donors (Lipinski definition) is 1. The molecular weight excluding hydrogens is 222 g/mol. The minimum Gasteiger partial charge on any atom is -0.468 e. The third-order valence-electron chi connectivity index (χ3n) is 5.00. The summed E-state index contributed by atoms with van der Waals surface area (Å²) in [6.07, 6.45) is 11.8. The fourth-order valence-corrected chi connectivity index (χ4v) is 4.00. The van der Waals surface area contributed by atoms with Gasteiger partial charge in [0.05, 0.1) is 12.3 Å². The summed E-state index contributed by atoms with van der Waals surface area (Å²) in [5.41, 5.74) is 0. The minimum atomic E-state index is 0.352. The van der Waals surface area contributed by atoms with Crippen molar-refractivity contribution in [1.29, 1.82) is 0 Å². The van der Waals surface area contributed by atoms with Crippen LogP contribution in [-0.4, -0.2) is 6.04 Å². The molecule has 0 bridgehead atoms. The van der Waals surface area contributed by atoms with E-state index in [2.05, 4.69) is 18.3 Å². The summed E-state index contributed by atoms with van der Waals surface area (Å²) >= 11 is 0. The van der Waals surface area contributed by atoms with Crippen molar-refractivity contribution in [1.82, 2.24) is 5.32 Å². The predicted molar refractivity (Wildman–Crippen MR) is 73.3 cm³/mol. The van der Waals surface area contributed by atoms with E-state index in [4.69, 9.17) is 4.42 Å². The molecule has 1 heterocycles.